The van der Waals surface area contributed by atoms with E-state index in [2.05, 4.69) is 6.07 Å². The quantitative estimate of drug-likeness (QED) is 0.812. The molecule has 0 aliphatic heterocycles. The minimum Gasteiger partial charge on any atom is -0.397 e. The standard InChI is InChI=1S/C14H21N3O/c1-11-8-13(18)17(9-12(11)16)7-5-4-6-14(2,3)10-15/h8-9H,4-7,16H2,1-3H3. The summed E-state index contributed by atoms with van der Waals surface area (Å²) in [5, 5.41) is 8.90. The molecule has 0 radical (unpaired) electrons. The molecule has 2 N–H and O–H groups in total. The van der Waals surface area contributed by atoms with Crippen molar-refractivity contribution < 1.29 is 0 Å². The number of pyridine rings is 1. The molecule has 0 saturated heterocycles. The number of aromatic nitrogens is 1. The molecule has 1 aromatic heterocycles. The van der Waals surface area contributed by atoms with Crippen molar-refractivity contribution in [2.75, 3.05) is 5.73 Å². The first-order chi connectivity index (χ1) is 8.35. The van der Waals surface area contributed by atoms with Gasteiger partial charge in [-0.05, 0) is 39.2 Å². The number of nitrogens with two attached hydrogens (primary N) is 1. The number of aryl methyl sites for hydroxylation is 2. The van der Waals surface area contributed by atoms with E-state index in [0.717, 1.165) is 24.8 Å². The van der Waals surface area contributed by atoms with Crippen LogP contribution in [-0.2, 0) is 6.54 Å². The van der Waals surface area contributed by atoms with Crippen molar-refractivity contribution in [1.82, 2.24) is 4.57 Å². The fourth-order valence-electron chi connectivity index (χ4n) is 1.76. The number of nitrogen functional groups attached to an aromatic ring is 1. The molecule has 98 valence electrons. The minimum absolute atomic E-state index is 0.0127. The first-order valence-electron chi connectivity index (χ1n) is 6.23. The summed E-state index contributed by atoms with van der Waals surface area (Å²) in [6.45, 7) is 6.35. The lowest BCUT2D eigenvalue weighted by molar-refractivity contribution is 0.415. The Morgan fingerprint density at radius 2 is 2.11 bits per heavy atom. The van der Waals surface area contributed by atoms with Gasteiger partial charge in [-0.3, -0.25) is 4.79 Å². The van der Waals surface area contributed by atoms with Crippen LogP contribution in [0.4, 0.5) is 5.69 Å². The first-order valence-corrected chi connectivity index (χ1v) is 6.23. The van der Waals surface area contributed by atoms with Crippen LogP contribution in [0.15, 0.2) is 17.1 Å². The summed E-state index contributed by atoms with van der Waals surface area (Å²) in [6.07, 6.45) is 4.36. The van der Waals surface area contributed by atoms with Crippen molar-refractivity contribution in [3.05, 3.63) is 28.2 Å². The fraction of sp³-hybridized carbons (Fsp3) is 0.571. The molecule has 0 aromatic carbocycles. The average molecular weight is 247 g/mol. The second-order valence-electron chi connectivity index (χ2n) is 5.40. The van der Waals surface area contributed by atoms with Crippen LogP contribution in [-0.4, -0.2) is 4.57 Å². The van der Waals surface area contributed by atoms with E-state index in [1.54, 1.807) is 16.8 Å². The van der Waals surface area contributed by atoms with Crippen molar-refractivity contribution in [2.24, 2.45) is 5.41 Å². The maximum atomic E-state index is 11.7. The molecule has 0 atom stereocenters. The van der Waals surface area contributed by atoms with Crippen molar-refractivity contribution >= 4 is 5.69 Å². The van der Waals surface area contributed by atoms with E-state index in [1.165, 1.54) is 0 Å². The third-order valence-corrected chi connectivity index (χ3v) is 3.13. The van der Waals surface area contributed by atoms with Gasteiger partial charge < -0.3 is 10.3 Å². The molecule has 0 bridgehead atoms. The van der Waals surface area contributed by atoms with E-state index in [0.29, 0.717) is 12.2 Å². The van der Waals surface area contributed by atoms with E-state index in [4.69, 9.17) is 11.0 Å². The molecule has 1 heterocycles. The van der Waals surface area contributed by atoms with Gasteiger partial charge in [0.05, 0.1) is 17.2 Å². The summed E-state index contributed by atoms with van der Waals surface area (Å²) in [6, 6.07) is 3.84. The Hall–Kier alpha value is -1.76. The average Bonchev–Trinajstić information content (AvgIpc) is 2.31. The van der Waals surface area contributed by atoms with Crippen LogP contribution < -0.4 is 11.3 Å². The monoisotopic (exact) mass is 247 g/mol. The molecule has 0 saturated carbocycles. The SMILES string of the molecule is Cc1cc(=O)n(CCCCC(C)(C)C#N)cc1N. The Kier molecular flexibility index (Phi) is 4.55. The molecule has 0 aliphatic rings. The second-order valence-corrected chi connectivity index (χ2v) is 5.40. The topological polar surface area (TPSA) is 71.8 Å². The van der Waals surface area contributed by atoms with Gasteiger partial charge in [-0.15, -0.1) is 0 Å². The Bertz CT molecular complexity index is 509. The van der Waals surface area contributed by atoms with Crippen LogP contribution in [0.25, 0.3) is 0 Å². The molecule has 0 unspecified atom stereocenters. The second kappa shape index (κ2) is 5.72. The Morgan fingerprint density at radius 1 is 1.44 bits per heavy atom. The summed E-state index contributed by atoms with van der Waals surface area (Å²) < 4.78 is 1.64. The van der Waals surface area contributed by atoms with E-state index in [1.807, 2.05) is 20.8 Å². The maximum Gasteiger partial charge on any atom is 0.250 e. The van der Waals surface area contributed by atoms with Gasteiger partial charge in [-0.25, -0.2) is 0 Å². The van der Waals surface area contributed by atoms with Crippen LogP contribution in [0.5, 0.6) is 0 Å². The molecule has 18 heavy (non-hydrogen) atoms. The Labute approximate surface area is 108 Å². The van der Waals surface area contributed by atoms with Gasteiger partial charge in [0.2, 0.25) is 0 Å². The number of anilines is 1. The van der Waals surface area contributed by atoms with Crippen LogP contribution >= 0.6 is 0 Å². The fourth-order valence-corrected chi connectivity index (χ4v) is 1.76. The molecule has 0 spiro atoms. The van der Waals surface area contributed by atoms with Gasteiger partial charge in [0.1, 0.15) is 0 Å². The highest BCUT2D eigenvalue weighted by Gasteiger charge is 2.15. The molecule has 0 fully saturated rings. The van der Waals surface area contributed by atoms with Crippen LogP contribution in [0, 0.1) is 23.7 Å². The Morgan fingerprint density at radius 3 is 2.72 bits per heavy atom. The summed E-state index contributed by atoms with van der Waals surface area (Å²) in [5.74, 6) is 0. The van der Waals surface area contributed by atoms with E-state index in [9.17, 15) is 4.79 Å². The van der Waals surface area contributed by atoms with Crippen molar-refractivity contribution in [1.29, 1.82) is 5.26 Å². The van der Waals surface area contributed by atoms with E-state index in [-0.39, 0.29) is 11.0 Å². The highest BCUT2D eigenvalue weighted by Crippen LogP contribution is 2.21. The molecule has 0 aliphatic carbocycles. The van der Waals surface area contributed by atoms with E-state index < -0.39 is 0 Å². The normalized spacial score (nSPS) is 11.2. The number of nitriles is 1. The molecule has 4 nitrogen and oxygen atoms in total. The first kappa shape index (κ1) is 14.3. The van der Waals surface area contributed by atoms with Crippen molar-refractivity contribution in [2.45, 2.75) is 46.6 Å². The van der Waals surface area contributed by atoms with Crippen molar-refractivity contribution in [3.63, 3.8) is 0 Å². The number of unbranched alkanes of at least 4 members (excludes halogenated alkanes) is 1. The largest absolute Gasteiger partial charge is 0.397 e. The highest BCUT2D eigenvalue weighted by atomic mass is 16.1. The summed E-state index contributed by atoms with van der Waals surface area (Å²) in [4.78, 5) is 11.7. The number of hydrogen-bond acceptors (Lipinski definition) is 3. The third-order valence-electron chi connectivity index (χ3n) is 3.13. The highest BCUT2D eigenvalue weighted by molar-refractivity contribution is 5.42. The number of rotatable bonds is 5. The molecule has 4 heteroatoms. The lowest BCUT2D eigenvalue weighted by atomic mass is 9.89. The zero-order valence-electron chi connectivity index (χ0n) is 11.4. The predicted molar refractivity (Wildman–Crippen MR) is 73.1 cm³/mol. The molecular formula is C14H21N3O. The predicted octanol–water partition coefficient (Wildman–Crippen LogP) is 2.46. The third kappa shape index (κ3) is 3.92. The zero-order chi connectivity index (χ0) is 13.8. The lowest BCUT2D eigenvalue weighted by Crippen LogP contribution is -2.20. The molecular weight excluding hydrogens is 226 g/mol. The van der Waals surface area contributed by atoms with Gasteiger partial charge in [0, 0.05) is 18.8 Å². The maximum absolute atomic E-state index is 11.7. The van der Waals surface area contributed by atoms with Crippen LogP contribution in [0.2, 0.25) is 0 Å². The van der Waals surface area contributed by atoms with Crippen LogP contribution in [0.3, 0.4) is 0 Å². The zero-order valence-corrected chi connectivity index (χ0v) is 11.4. The smallest absolute Gasteiger partial charge is 0.250 e. The lowest BCUT2D eigenvalue weighted by Gasteiger charge is -2.14. The van der Waals surface area contributed by atoms with Gasteiger partial charge >= 0.3 is 0 Å². The Balaban J connectivity index is 2.53. The summed E-state index contributed by atoms with van der Waals surface area (Å²) in [5.41, 5.74) is 6.96. The number of nitrogens with zero attached hydrogens (tertiary/aromatic N) is 2. The summed E-state index contributed by atoms with van der Waals surface area (Å²) in [7, 11) is 0. The van der Waals surface area contributed by atoms with Gasteiger partial charge in [-0.2, -0.15) is 5.26 Å². The summed E-state index contributed by atoms with van der Waals surface area (Å²) >= 11 is 0. The van der Waals surface area contributed by atoms with E-state index >= 15 is 0 Å². The van der Waals surface area contributed by atoms with Crippen molar-refractivity contribution in [3.8, 4) is 6.07 Å². The minimum atomic E-state index is -0.280. The molecule has 1 rings (SSSR count). The van der Waals surface area contributed by atoms with Gasteiger partial charge in [0.25, 0.3) is 5.56 Å². The molecule has 0 amide bonds. The van der Waals surface area contributed by atoms with Gasteiger partial charge in [-0.1, -0.05) is 6.42 Å². The van der Waals surface area contributed by atoms with Gasteiger partial charge in [0.15, 0.2) is 0 Å². The van der Waals surface area contributed by atoms with Crippen LogP contribution in [0.1, 0.15) is 38.7 Å². The number of hydrogen-bond donors (Lipinski definition) is 1. The molecule has 1 aromatic rings.